The van der Waals surface area contributed by atoms with E-state index in [-0.39, 0.29) is 135 Å². The van der Waals surface area contributed by atoms with E-state index in [1.165, 1.54) is 0 Å². The molecule has 0 fully saturated rings. The number of phosphoric acid groups is 1. The van der Waals surface area contributed by atoms with E-state index in [2.05, 4.69) is 0 Å². The minimum atomic E-state index is -4.64. The van der Waals surface area contributed by atoms with E-state index in [4.69, 9.17) is 33.3 Å². The van der Waals surface area contributed by atoms with Crippen molar-refractivity contribution >= 4 is 152 Å². The standard InChI is InChI=1S/2Ca.2Na.H3O4P.H2O3Si.6H/c;;;;1-5(2,3)4;1-4(2)3;;;;;;/h;;;;(H3,1,2,3,4);1-2H;;;;;;. The van der Waals surface area contributed by atoms with Crippen LogP contribution in [0.1, 0.15) is 0 Å². The summed E-state index contributed by atoms with van der Waals surface area (Å²) in [6.45, 7) is 0. The maximum atomic E-state index is 8.88. The molecular weight excluding hydrogens is 297 g/mol. The van der Waals surface area contributed by atoms with Gasteiger partial charge in [-0.1, -0.05) is 0 Å². The van der Waals surface area contributed by atoms with E-state index >= 15 is 0 Å². The van der Waals surface area contributed by atoms with Crippen LogP contribution in [0.25, 0.3) is 0 Å². The molecular formula is H11Ca2Na2O7PSi. The van der Waals surface area contributed by atoms with Crippen molar-refractivity contribution in [3.8, 4) is 0 Å². The van der Waals surface area contributed by atoms with E-state index in [9.17, 15) is 0 Å². The fourth-order valence-corrected chi connectivity index (χ4v) is 0. The van der Waals surface area contributed by atoms with Crippen LogP contribution >= 0.6 is 7.82 Å². The first-order valence-corrected chi connectivity index (χ1v) is 4.30. The van der Waals surface area contributed by atoms with E-state index in [1.807, 2.05) is 0 Å². The summed E-state index contributed by atoms with van der Waals surface area (Å²) in [5, 5.41) is 0. The average Bonchev–Trinajstić information content (AvgIpc) is 1.19. The Bertz CT molecular complexity index is 124. The molecule has 0 rings (SSSR count). The summed E-state index contributed by atoms with van der Waals surface area (Å²) in [4.78, 5) is 35.9. The third-order valence-corrected chi connectivity index (χ3v) is 0. The zero-order valence-electron chi connectivity index (χ0n) is 4.00. The van der Waals surface area contributed by atoms with Crippen molar-refractivity contribution in [1.29, 1.82) is 0 Å². The first-order valence-electron chi connectivity index (χ1n) is 1.43. The summed E-state index contributed by atoms with van der Waals surface area (Å²) < 4.78 is 17.6. The molecule has 0 saturated carbocycles. The Balaban J connectivity index is -0.0000000146. The van der Waals surface area contributed by atoms with Crippen molar-refractivity contribution in [3.05, 3.63) is 0 Å². The number of hydrogen-bond acceptors (Lipinski definition) is 2. The molecule has 13 heteroatoms. The predicted molar refractivity (Wildman–Crippen MR) is 56.5 cm³/mol. The van der Waals surface area contributed by atoms with Gasteiger partial charge in [-0.25, -0.2) is 4.57 Å². The molecule has 0 amide bonds. The fourth-order valence-electron chi connectivity index (χ4n) is 0. The molecule has 0 aliphatic carbocycles. The summed E-state index contributed by atoms with van der Waals surface area (Å²) in [6, 6.07) is 0. The van der Waals surface area contributed by atoms with Gasteiger partial charge in [0.2, 0.25) is 0 Å². The molecule has 0 bridgehead atoms. The van der Waals surface area contributed by atoms with E-state index in [0.29, 0.717) is 0 Å². The average molecular weight is 308 g/mol. The Morgan fingerprint density at radius 2 is 0.923 bits per heavy atom. The van der Waals surface area contributed by atoms with Gasteiger partial charge in [0, 0.05) is 0 Å². The van der Waals surface area contributed by atoms with E-state index in [1.54, 1.807) is 0 Å². The summed E-state index contributed by atoms with van der Waals surface area (Å²) in [7, 11) is -7.77. The van der Waals surface area contributed by atoms with Crippen molar-refractivity contribution in [1.82, 2.24) is 0 Å². The third kappa shape index (κ3) is 183. The van der Waals surface area contributed by atoms with Gasteiger partial charge in [0.1, 0.15) is 0 Å². The molecule has 5 N–H and O–H groups in total. The van der Waals surface area contributed by atoms with Crippen LogP contribution in [0, 0.1) is 0 Å². The van der Waals surface area contributed by atoms with Gasteiger partial charge in [0.15, 0.2) is 0 Å². The maximum absolute atomic E-state index is 8.88. The molecule has 0 saturated heterocycles. The summed E-state index contributed by atoms with van der Waals surface area (Å²) in [6.07, 6.45) is 0. The molecule has 0 aromatic rings. The Labute approximate surface area is 180 Å². The second kappa shape index (κ2) is 21.5. The molecule has 0 aliphatic heterocycles. The van der Waals surface area contributed by atoms with Gasteiger partial charge in [-0.05, 0) is 0 Å². The van der Waals surface area contributed by atoms with Crippen LogP contribution < -0.4 is 0 Å². The zero-order valence-corrected chi connectivity index (χ0v) is 5.89. The molecule has 0 aromatic carbocycles. The SMILES string of the molecule is O=P(O)(O)O.O=[Si](O)O.[CaH2].[CaH2].[NaH].[NaH]. The van der Waals surface area contributed by atoms with Gasteiger partial charge in [0.05, 0.1) is 0 Å². The molecule has 0 aliphatic rings. The van der Waals surface area contributed by atoms with Gasteiger partial charge < -0.3 is 24.3 Å². The van der Waals surface area contributed by atoms with Gasteiger partial charge in [-0.3, -0.25) is 4.46 Å². The molecule has 7 nitrogen and oxygen atoms in total. The Morgan fingerprint density at radius 1 is 0.923 bits per heavy atom. The summed E-state index contributed by atoms with van der Waals surface area (Å²) in [5.41, 5.74) is 0. The first kappa shape index (κ1) is 36.0. The topological polar surface area (TPSA) is 135 Å². The van der Waals surface area contributed by atoms with Crippen molar-refractivity contribution < 1.29 is 33.3 Å². The van der Waals surface area contributed by atoms with Crippen LogP contribution in [0.4, 0.5) is 0 Å². The number of rotatable bonds is 0. The van der Waals surface area contributed by atoms with Crippen LogP contribution in [0.15, 0.2) is 0 Å². The third-order valence-electron chi connectivity index (χ3n) is 0. The molecule has 0 spiro atoms. The van der Waals surface area contributed by atoms with E-state index < -0.39 is 17.0 Å². The second-order valence-corrected chi connectivity index (χ2v) is 2.39. The first-order chi connectivity index (χ1) is 3.73. The predicted octanol–water partition coefficient (Wildman–Crippen LogP) is -5.67. The Morgan fingerprint density at radius 3 is 0.923 bits per heavy atom. The van der Waals surface area contributed by atoms with Crippen molar-refractivity contribution in [2.75, 3.05) is 0 Å². The van der Waals surface area contributed by atoms with E-state index in [0.717, 1.165) is 0 Å². The van der Waals surface area contributed by atoms with Crippen LogP contribution in [0.5, 0.6) is 0 Å². The van der Waals surface area contributed by atoms with Crippen LogP contribution in [0.3, 0.4) is 0 Å². The normalized spacial score (nSPS) is 6.38. The molecule has 0 heterocycles. The van der Waals surface area contributed by atoms with Crippen LogP contribution in [0.2, 0.25) is 0 Å². The number of hydrogen-bond donors (Lipinski definition) is 5. The molecule has 0 aromatic heterocycles. The van der Waals surface area contributed by atoms with Crippen LogP contribution in [-0.2, 0) is 9.03 Å². The monoisotopic (exact) mass is 308 g/mol. The molecule has 0 radical (unpaired) electrons. The van der Waals surface area contributed by atoms with Gasteiger partial charge in [-0.2, -0.15) is 0 Å². The molecule has 0 unspecified atom stereocenters. The Hall–Kier alpha value is 4.25. The van der Waals surface area contributed by atoms with Crippen LogP contribution in [-0.4, -0.2) is 168 Å². The summed E-state index contributed by atoms with van der Waals surface area (Å²) >= 11 is 0. The molecule has 0 atom stereocenters. The van der Waals surface area contributed by atoms with Crippen molar-refractivity contribution in [2.24, 2.45) is 0 Å². The van der Waals surface area contributed by atoms with Crippen molar-refractivity contribution in [3.63, 3.8) is 0 Å². The Kier molecular flexibility index (Phi) is 59.6. The fraction of sp³-hybridized carbons (Fsp3) is 0. The molecule has 13 heavy (non-hydrogen) atoms. The van der Waals surface area contributed by atoms with Gasteiger partial charge in [-0.15, -0.1) is 0 Å². The van der Waals surface area contributed by atoms with Gasteiger partial charge >= 0.3 is 152 Å². The molecule has 68 valence electrons. The second-order valence-electron chi connectivity index (χ2n) is 0.796. The van der Waals surface area contributed by atoms with Gasteiger partial charge in [0.25, 0.3) is 0 Å². The van der Waals surface area contributed by atoms with Crippen molar-refractivity contribution in [2.45, 2.75) is 0 Å². The quantitative estimate of drug-likeness (QED) is 0.222. The minimum absolute atomic E-state index is 0. The summed E-state index contributed by atoms with van der Waals surface area (Å²) in [5.74, 6) is 0. The zero-order chi connectivity index (χ0) is 8.08.